The van der Waals surface area contributed by atoms with Crippen molar-refractivity contribution in [2.75, 3.05) is 0 Å². The number of hydrazone groups is 1. The zero-order chi connectivity index (χ0) is 20.2. The molecule has 0 aliphatic rings. The molecular weight excluding hydrogens is 370 g/mol. The molecule has 2 aromatic heterocycles. The zero-order valence-electron chi connectivity index (χ0n) is 15.1. The van der Waals surface area contributed by atoms with E-state index in [4.69, 9.17) is 0 Å². The van der Waals surface area contributed by atoms with Crippen molar-refractivity contribution < 1.29 is 9.72 Å². The van der Waals surface area contributed by atoms with E-state index in [9.17, 15) is 14.9 Å². The number of benzene rings is 2. The maximum atomic E-state index is 12.8. The zero-order valence-corrected chi connectivity index (χ0v) is 15.1. The first-order chi connectivity index (χ1) is 14.1. The summed E-state index contributed by atoms with van der Waals surface area (Å²) in [5.41, 5.74) is 5.26. The lowest BCUT2D eigenvalue weighted by Crippen LogP contribution is -2.19. The van der Waals surface area contributed by atoms with Crippen molar-refractivity contribution in [3.8, 4) is 11.1 Å². The smallest absolute Gasteiger partial charge is 0.288 e. The van der Waals surface area contributed by atoms with Crippen molar-refractivity contribution >= 4 is 28.7 Å². The number of rotatable bonds is 5. The van der Waals surface area contributed by atoms with Crippen molar-refractivity contribution in [1.82, 2.24) is 15.4 Å². The summed E-state index contributed by atoms with van der Waals surface area (Å²) in [6.45, 7) is 0. The fourth-order valence-corrected chi connectivity index (χ4v) is 3.03. The van der Waals surface area contributed by atoms with Gasteiger partial charge in [-0.2, -0.15) is 5.10 Å². The van der Waals surface area contributed by atoms with Crippen LogP contribution in [0.15, 0.2) is 78.0 Å². The van der Waals surface area contributed by atoms with Gasteiger partial charge in [0.15, 0.2) is 0 Å². The fraction of sp³-hybridized carbons (Fsp3) is 0. The van der Waals surface area contributed by atoms with Gasteiger partial charge >= 0.3 is 0 Å². The minimum absolute atomic E-state index is 0.0474. The second-order valence-corrected chi connectivity index (χ2v) is 6.18. The number of hydrogen-bond acceptors (Lipinski definition) is 5. The minimum Gasteiger partial charge on any atom is -0.350 e. The number of hydrogen-bond donors (Lipinski definition) is 2. The second kappa shape index (κ2) is 7.73. The molecule has 8 nitrogen and oxygen atoms in total. The van der Waals surface area contributed by atoms with Gasteiger partial charge in [-0.25, -0.2) is 5.43 Å². The number of aromatic nitrogens is 2. The molecular formula is C21H15N5O3. The number of aromatic amines is 1. The van der Waals surface area contributed by atoms with Gasteiger partial charge in [0.2, 0.25) is 0 Å². The summed E-state index contributed by atoms with van der Waals surface area (Å²) < 4.78 is 0. The summed E-state index contributed by atoms with van der Waals surface area (Å²) in [5.74, 6) is -0.463. The Morgan fingerprint density at radius 3 is 2.62 bits per heavy atom. The van der Waals surface area contributed by atoms with Crippen LogP contribution in [0.1, 0.15) is 16.2 Å². The molecule has 0 spiro atoms. The molecule has 142 valence electrons. The highest BCUT2D eigenvalue weighted by molar-refractivity contribution is 6.10. The SMILES string of the molecule is O=C(N/N=C\c1ccccn1)c1[nH]c2ccc([N+](=O)[O-])cc2c1-c1ccccc1. The molecule has 4 rings (SSSR count). The maximum absolute atomic E-state index is 12.8. The van der Waals surface area contributed by atoms with Gasteiger partial charge in [0.05, 0.1) is 16.8 Å². The number of H-pyrrole nitrogens is 1. The van der Waals surface area contributed by atoms with Crippen LogP contribution in [0.2, 0.25) is 0 Å². The molecule has 8 heteroatoms. The Kier molecular flexibility index (Phi) is 4.81. The molecule has 2 N–H and O–H groups in total. The largest absolute Gasteiger partial charge is 0.350 e. The Bertz CT molecular complexity index is 1220. The Morgan fingerprint density at radius 1 is 1.10 bits per heavy atom. The summed E-state index contributed by atoms with van der Waals surface area (Å²) in [7, 11) is 0. The molecule has 0 aliphatic carbocycles. The van der Waals surface area contributed by atoms with Crippen molar-refractivity contribution in [2.24, 2.45) is 5.10 Å². The number of carbonyl (C=O) groups excluding carboxylic acids is 1. The highest BCUT2D eigenvalue weighted by Gasteiger charge is 2.21. The van der Waals surface area contributed by atoms with Crippen LogP contribution in [0, 0.1) is 10.1 Å². The molecule has 0 fully saturated rings. The van der Waals surface area contributed by atoms with Crippen LogP contribution < -0.4 is 5.43 Å². The Hall–Kier alpha value is -4.33. The third kappa shape index (κ3) is 3.72. The highest BCUT2D eigenvalue weighted by atomic mass is 16.6. The number of fused-ring (bicyclic) bond motifs is 1. The third-order valence-electron chi connectivity index (χ3n) is 4.33. The van der Waals surface area contributed by atoms with E-state index in [0.717, 1.165) is 5.56 Å². The van der Waals surface area contributed by atoms with Gasteiger partial charge in [0.25, 0.3) is 11.6 Å². The normalized spacial score (nSPS) is 11.0. The molecule has 1 amide bonds. The predicted molar refractivity (Wildman–Crippen MR) is 110 cm³/mol. The quantitative estimate of drug-likeness (QED) is 0.308. The summed E-state index contributed by atoms with van der Waals surface area (Å²) in [6, 6.07) is 19.0. The first-order valence-corrected chi connectivity index (χ1v) is 8.73. The Labute approximate surface area is 165 Å². The molecule has 0 unspecified atom stereocenters. The number of nitro groups is 1. The number of nitrogens with one attached hydrogen (secondary N) is 2. The van der Waals surface area contributed by atoms with Crippen molar-refractivity contribution in [1.29, 1.82) is 0 Å². The van der Waals surface area contributed by atoms with E-state index >= 15 is 0 Å². The maximum Gasteiger partial charge on any atom is 0.288 e. The standard InChI is InChI=1S/C21H15N5O3/c27-21(25-23-13-15-8-4-5-11-22-15)20-19(14-6-2-1-3-7-14)17-12-16(26(28)29)9-10-18(17)24-20/h1-13,24H,(H,25,27)/b23-13-. The first kappa shape index (κ1) is 18.1. The van der Waals surface area contributed by atoms with Crippen LogP contribution in [0.5, 0.6) is 0 Å². The minimum atomic E-state index is -0.463. The van der Waals surface area contributed by atoms with Crippen LogP contribution in [0.4, 0.5) is 5.69 Å². The number of non-ortho nitro benzene ring substituents is 1. The van der Waals surface area contributed by atoms with Gasteiger partial charge < -0.3 is 4.98 Å². The predicted octanol–water partition coefficient (Wildman–Crippen LogP) is 3.90. The van der Waals surface area contributed by atoms with Crippen molar-refractivity contribution in [2.45, 2.75) is 0 Å². The lowest BCUT2D eigenvalue weighted by molar-refractivity contribution is -0.384. The number of nitrogens with zero attached hydrogens (tertiary/aromatic N) is 3. The average molecular weight is 385 g/mol. The van der Waals surface area contributed by atoms with Gasteiger partial charge in [0, 0.05) is 34.8 Å². The van der Waals surface area contributed by atoms with Crippen LogP contribution in [-0.4, -0.2) is 27.0 Å². The van der Waals surface area contributed by atoms with E-state index in [0.29, 0.717) is 22.2 Å². The van der Waals surface area contributed by atoms with Crippen molar-refractivity contribution in [3.63, 3.8) is 0 Å². The van der Waals surface area contributed by atoms with Crippen LogP contribution in [0.25, 0.3) is 22.0 Å². The average Bonchev–Trinajstić information content (AvgIpc) is 3.14. The van der Waals surface area contributed by atoms with Crippen molar-refractivity contribution in [3.05, 3.63) is 94.4 Å². The lowest BCUT2D eigenvalue weighted by Gasteiger charge is -2.04. The number of pyridine rings is 1. The molecule has 0 bridgehead atoms. The Balaban J connectivity index is 1.76. The van der Waals surface area contributed by atoms with Gasteiger partial charge in [-0.15, -0.1) is 0 Å². The Morgan fingerprint density at radius 2 is 1.90 bits per heavy atom. The van der Waals surface area contributed by atoms with E-state index in [1.165, 1.54) is 18.3 Å². The molecule has 0 atom stereocenters. The molecule has 0 saturated heterocycles. The number of nitro benzene ring substituents is 1. The van der Waals surface area contributed by atoms with E-state index in [1.807, 2.05) is 36.4 Å². The first-order valence-electron chi connectivity index (χ1n) is 8.73. The molecule has 29 heavy (non-hydrogen) atoms. The van der Waals surface area contributed by atoms with E-state index in [1.54, 1.807) is 24.4 Å². The summed E-state index contributed by atoms with van der Waals surface area (Å²) in [5, 5.41) is 15.7. The highest BCUT2D eigenvalue weighted by Crippen LogP contribution is 2.34. The van der Waals surface area contributed by atoms with Gasteiger partial charge in [-0.3, -0.25) is 19.9 Å². The van der Waals surface area contributed by atoms with Gasteiger partial charge in [-0.05, 0) is 23.8 Å². The van der Waals surface area contributed by atoms with E-state index in [-0.39, 0.29) is 11.4 Å². The number of carbonyl (C=O) groups is 1. The van der Waals surface area contributed by atoms with Crippen LogP contribution >= 0.6 is 0 Å². The second-order valence-electron chi connectivity index (χ2n) is 6.18. The van der Waals surface area contributed by atoms with E-state index < -0.39 is 10.8 Å². The lowest BCUT2D eigenvalue weighted by atomic mass is 10.0. The third-order valence-corrected chi connectivity index (χ3v) is 4.33. The monoisotopic (exact) mass is 385 g/mol. The van der Waals surface area contributed by atoms with Crippen LogP contribution in [-0.2, 0) is 0 Å². The van der Waals surface area contributed by atoms with Gasteiger partial charge in [-0.1, -0.05) is 36.4 Å². The summed E-state index contributed by atoms with van der Waals surface area (Å²) >= 11 is 0. The molecule has 4 aromatic rings. The molecule has 2 heterocycles. The summed E-state index contributed by atoms with van der Waals surface area (Å²) in [6.07, 6.45) is 3.06. The molecule has 2 aromatic carbocycles. The van der Waals surface area contributed by atoms with E-state index in [2.05, 4.69) is 20.5 Å². The summed E-state index contributed by atoms with van der Waals surface area (Å²) in [4.78, 5) is 30.7. The van der Waals surface area contributed by atoms with Crippen LogP contribution in [0.3, 0.4) is 0 Å². The van der Waals surface area contributed by atoms with Gasteiger partial charge in [0.1, 0.15) is 5.69 Å². The molecule has 0 aliphatic heterocycles. The topological polar surface area (TPSA) is 113 Å². The fourth-order valence-electron chi connectivity index (χ4n) is 3.03. The molecule has 0 saturated carbocycles. The molecule has 0 radical (unpaired) electrons. The number of amides is 1.